The van der Waals surface area contributed by atoms with E-state index in [2.05, 4.69) is 4.90 Å². The number of nitrogens with zero attached hydrogens (tertiary/aromatic N) is 2. The normalized spacial score (nSPS) is 14.6. The van der Waals surface area contributed by atoms with E-state index in [0.717, 1.165) is 5.56 Å². The van der Waals surface area contributed by atoms with Crippen molar-refractivity contribution in [2.75, 3.05) is 64.2 Å². The number of halogens is 2. The van der Waals surface area contributed by atoms with Crippen LogP contribution in [0, 0.1) is 11.2 Å². The van der Waals surface area contributed by atoms with Crippen molar-refractivity contribution >= 4 is 40.3 Å². The number of amidine groups is 1. The summed E-state index contributed by atoms with van der Waals surface area (Å²) in [5, 5.41) is 8.74. The highest BCUT2D eigenvalue weighted by Crippen LogP contribution is 2.42. The van der Waals surface area contributed by atoms with Crippen molar-refractivity contribution in [3.63, 3.8) is 0 Å². The molecule has 2 aromatic rings. The van der Waals surface area contributed by atoms with Gasteiger partial charge in [0.05, 0.1) is 50.8 Å². The molecule has 1 saturated heterocycles. The second kappa shape index (κ2) is 15.1. The van der Waals surface area contributed by atoms with Crippen LogP contribution in [-0.4, -0.2) is 81.8 Å². The quantitative estimate of drug-likeness (QED) is 0.236. The lowest BCUT2D eigenvalue weighted by molar-refractivity contribution is -0.145. The molecule has 2 aliphatic heterocycles. The highest BCUT2D eigenvalue weighted by atomic mass is 79.9. The Morgan fingerprint density at radius 2 is 1.66 bits per heavy atom. The lowest BCUT2D eigenvalue weighted by Crippen LogP contribution is -2.37. The standard InChI is InChI=1S/C32H42FN3O7.BrH/c1-7-40-25-16-21-17-36(31(34)27(21)28(33)30(25)42-9-3)18-24(37)20-14-22(32(4,5)6)29(43-19-26(38)41-8-2)23(15-20)35-10-12-39-13-11-35;/h14-16,34H,7-13,17-19H2,1-6H3;1H. The van der Waals surface area contributed by atoms with Crippen LogP contribution in [0.2, 0.25) is 0 Å². The number of morpholine rings is 1. The summed E-state index contributed by atoms with van der Waals surface area (Å²) >= 11 is 0. The molecule has 242 valence electrons. The Hall–Kier alpha value is -3.38. The summed E-state index contributed by atoms with van der Waals surface area (Å²) in [6.07, 6.45) is 0. The number of benzene rings is 2. The molecule has 2 heterocycles. The Labute approximate surface area is 269 Å². The monoisotopic (exact) mass is 679 g/mol. The number of Topliss-reactive ketones (excluding diaryl/α,β-unsaturated/α-hetero) is 1. The fourth-order valence-corrected chi connectivity index (χ4v) is 5.28. The van der Waals surface area contributed by atoms with Crippen molar-refractivity contribution < 1.29 is 37.7 Å². The van der Waals surface area contributed by atoms with Crippen molar-refractivity contribution in [3.8, 4) is 17.2 Å². The largest absolute Gasteiger partial charge is 0.490 e. The maximum Gasteiger partial charge on any atom is 0.344 e. The molecular formula is C32H43BrFN3O7. The average molecular weight is 681 g/mol. The van der Waals surface area contributed by atoms with E-state index in [1.807, 2.05) is 20.8 Å². The van der Waals surface area contributed by atoms with Crippen molar-refractivity contribution in [2.24, 2.45) is 0 Å². The Morgan fingerprint density at radius 3 is 2.27 bits per heavy atom. The van der Waals surface area contributed by atoms with Gasteiger partial charge >= 0.3 is 5.97 Å². The number of anilines is 1. The zero-order valence-corrected chi connectivity index (χ0v) is 28.1. The van der Waals surface area contributed by atoms with E-state index in [1.165, 1.54) is 0 Å². The summed E-state index contributed by atoms with van der Waals surface area (Å²) in [4.78, 5) is 29.7. The molecule has 1 N–H and O–H groups in total. The minimum atomic E-state index is -0.657. The zero-order valence-electron chi connectivity index (χ0n) is 26.3. The fourth-order valence-electron chi connectivity index (χ4n) is 5.28. The molecule has 0 bridgehead atoms. The van der Waals surface area contributed by atoms with Crippen molar-refractivity contribution in [3.05, 3.63) is 46.3 Å². The average Bonchev–Trinajstić information content (AvgIpc) is 3.28. The Balaban J connectivity index is 0.00000529. The van der Waals surface area contributed by atoms with Crippen LogP contribution in [0.25, 0.3) is 0 Å². The minimum Gasteiger partial charge on any atom is -0.490 e. The number of ketones is 1. The zero-order chi connectivity index (χ0) is 31.3. The van der Waals surface area contributed by atoms with E-state index in [9.17, 15) is 9.59 Å². The first-order valence-corrected chi connectivity index (χ1v) is 14.8. The summed E-state index contributed by atoms with van der Waals surface area (Å²) in [5.74, 6) is -0.664. The van der Waals surface area contributed by atoms with Crippen LogP contribution in [0.4, 0.5) is 10.1 Å². The van der Waals surface area contributed by atoms with Gasteiger partial charge in [-0.1, -0.05) is 20.8 Å². The fraction of sp³-hybridized carbons (Fsp3) is 0.531. The highest BCUT2D eigenvalue weighted by molar-refractivity contribution is 8.93. The third kappa shape index (κ3) is 7.63. The van der Waals surface area contributed by atoms with Crippen LogP contribution in [0.5, 0.6) is 17.2 Å². The van der Waals surface area contributed by atoms with E-state index in [1.54, 1.807) is 43.9 Å². The number of carbonyl (C=O) groups excluding carboxylic acids is 2. The molecule has 0 radical (unpaired) electrons. The summed E-state index contributed by atoms with van der Waals surface area (Å²) in [6.45, 7) is 14.2. The van der Waals surface area contributed by atoms with Crippen LogP contribution in [0.1, 0.15) is 68.6 Å². The molecule has 0 spiro atoms. The molecular weight excluding hydrogens is 637 g/mol. The number of ether oxygens (including phenoxy) is 5. The number of nitrogens with one attached hydrogen (secondary N) is 1. The first-order chi connectivity index (χ1) is 20.5. The van der Waals surface area contributed by atoms with E-state index < -0.39 is 17.2 Å². The lowest BCUT2D eigenvalue weighted by atomic mass is 9.84. The maximum atomic E-state index is 15.6. The van der Waals surface area contributed by atoms with E-state index in [0.29, 0.717) is 55.5 Å². The molecule has 10 nitrogen and oxygen atoms in total. The van der Waals surface area contributed by atoms with E-state index in [4.69, 9.17) is 29.1 Å². The first-order valence-electron chi connectivity index (χ1n) is 14.8. The second-order valence-corrected chi connectivity index (χ2v) is 11.4. The SMILES string of the molecule is Br.CCOC(=O)COc1c(N2CCOCC2)cc(C(=O)CN2Cc3cc(OCC)c(OCC)c(F)c3C2=N)cc1C(C)(C)C. The van der Waals surface area contributed by atoms with Gasteiger partial charge in [0.15, 0.2) is 29.7 Å². The molecule has 0 amide bonds. The number of hydrogen-bond acceptors (Lipinski definition) is 9. The molecule has 0 aromatic heterocycles. The van der Waals surface area contributed by atoms with Crippen molar-refractivity contribution in [2.45, 2.75) is 53.5 Å². The molecule has 12 heteroatoms. The number of esters is 1. The molecule has 1 fully saturated rings. The van der Waals surface area contributed by atoms with Crippen molar-refractivity contribution in [1.82, 2.24) is 4.90 Å². The molecule has 2 aromatic carbocycles. The Kier molecular flexibility index (Phi) is 12.0. The predicted molar refractivity (Wildman–Crippen MR) is 171 cm³/mol. The van der Waals surface area contributed by atoms with Gasteiger partial charge in [0.2, 0.25) is 0 Å². The highest BCUT2D eigenvalue weighted by Gasteiger charge is 2.34. The summed E-state index contributed by atoms with van der Waals surface area (Å²) in [6, 6.07) is 5.26. The number of fused-ring (bicyclic) bond motifs is 1. The van der Waals surface area contributed by atoms with Crippen LogP contribution >= 0.6 is 17.0 Å². The molecule has 0 atom stereocenters. The van der Waals surface area contributed by atoms with Gasteiger partial charge in [0.1, 0.15) is 11.6 Å². The topological polar surface area (TPSA) is 111 Å². The lowest BCUT2D eigenvalue weighted by Gasteiger charge is -2.33. The predicted octanol–water partition coefficient (Wildman–Crippen LogP) is 5.30. The van der Waals surface area contributed by atoms with Gasteiger partial charge in [-0.15, -0.1) is 17.0 Å². The number of carbonyl (C=O) groups is 2. The van der Waals surface area contributed by atoms with Gasteiger partial charge < -0.3 is 33.5 Å². The van der Waals surface area contributed by atoms with Crippen LogP contribution in [0.3, 0.4) is 0 Å². The number of rotatable bonds is 12. The summed E-state index contributed by atoms with van der Waals surface area (Å²) in [7, 11) is 0. The van der Waals surface area contributed by atoms with Gasteiger partial charge in [-0.25, -0.2) is 9.18 Å². The maximum absolute atomic E-state index is 15.6. The van der Waals surface area contributed by atoms with Crippen LogP contribution in [0.15, 0.2) is 18.2 Å². The molecule has 44 heavy (non-hydrogen) atoms. The minimum absolute atomic E-state index is 0. The molecule has 0 unspecified atom stereocenters. The van der Waals surface area contributed by atoms with E-state index >= 15 is 4.39 Å². The molecule has 0 saturated carbocycles. The Morgan fingerprint density at radius 1 is 0.977 bits per heavy atom. The smallest absolute Gasteiger partial charge is 0.344 e. The van der Waals surface area contributed by atoms with Gasteiger partial charge in [-0.3, -0.25) is 10.2 Å². The van der Waals surface area contributed by atoms with Gasteiger partial charge in [0, 0.05) is 30.8 Å². The Bertz CT molecular complexity index is 1370. The van der Waals surface area contributed by atoms with Crippen LogP contribution < -0.4 is 19.1 Å². The first kappa shape index (κ1) is 35.1. The third-order valence-electron chi connectivity index (χ3n) is 7.30. The van der Waals surface area contributed by atoms with Gasteiger partial charge in [-0.2, -0.15) is 0 Å². The van der Waals surface area contributed by atoms with Gasteiger partial charge in [0.25, 0.3) is 0 Å². The molecule has 0 aliphatic carbocycles. The summed E-state index contributed by atoms with van der Waals surface area (Å²) < 4.78 is 43.4. The molecule has 4 rings (SSSR count). The second-order valence-electron chi connectivity index (χ2n) is 11.4. The van der Waals surface area contributed by atoms with E-state index in [-0.39, 0.29) is 78.6 Å². The third-order valence-corrected chi connectivity index (χ3v) is 7.30. The molecule has 2 aliphatic rings. The summed E-state index contributed by atoms with van der Waals surface area (Å²) in [5.41, 5.74) is 2.13. The van der Waals surface area contributed by atoms with Gasteiger partial charge in [-0.05, 0) is 49.9 Å². The number of hydrogen-bond donors (Lipinski definition) is 1. The van der Waals surface area contributed by atoms with Crippen LogP contribution in [-0.2, 0) is 26.2 Å². The van der Waals surface area contributed by atoms with Crippen molar-refractivity contribution in [1.29, 1.82) is 5.41 Å².